The second-order valence-electron chi connectivity index (χ2n) is 3.88. The van der Waals surface area contributed by atoms with Crippen molar-refractivity contribution in [1.29, 1.82) is 5.26 Å². The zero-order chi connectivity index (χ0) is 13.8. The Hall–Kier alpha value is -1.83. The summed E-state index contributed by atoms with van der Waals surface area (Å²) < 4.78 is 5.38. The van der Waals surface area contributed by atoms with Crippen LogP contribution in [-0.2, 0) is 0 Å². The number of halogens is 1. The zero-order valence-electron chi connectivity index (χ0n) is 10.1. The number of ether oxygens (including phenoxy) is 1. The summed E-state index contributed by atoms with van der Waals surface area (Å²) in [7, 11) is 0. The van der Waals surface area contributed by atoms with Crippen LogP contribution in [0, 0.1) is 18.3 Å². The topological polar surface area (TPSA) is 50.1 Å². The van der Waals surface area contributed by atoms with E-state index in [1.165, 1.54) is 17.4 Å². The second kappa shape index (κ2) is 5.87. The average Bonchev–Trinajstić information content (AvgIpc) is 2.83. The fourth-order valence-corrected chi connectivity index (χ4v) is 2.51. The van der Waals surface area contributed by atoms with Gasteiger partial charge in [-0.1, -0.05) is 11.6 Å². The molecule has 0 aliphatic carbocycles. The van der Waals surface area contributed by atoms with Crippen molar-refractivity contribution in [1.82, 2.24) is 0 Å². The lowest BCUT2D eigenvalue weighted by atomic mass is 10.2. The normalized spacial score (nSPS) is 9.95. The van der Waals surface area contributed by atoms with E-state index in [1.807, 2.05) is 19.1 Å². The van der Waals surface area contributed by atoms with Crippen molar-refractivity contribution < 1.29 is 9.53 Å². The summed E-state index contributed by atoms with van der Waals surface area (Å²) in [6.45, 7) is 1.88. The number of Topliss-reactive ketones (excluding diaryl/α,β-unsaturated/α-hetero) is 1. The van der Waals surface area contributed by atoms with E-state index in [-0.39, 0.29) is 12.4 Å². The molecular formula is C14H10ClNO2S. The summed E-state index contributed by atoms with van der Waals surface area (Å²) in [6, 6.07) is 10.4. The van der Waals surface area contributed by atoms with Gasteiger partial charge in [0.25, 0.3) is 0 Å². The van der Waals surface area contributed by atoms with Crippen LogP contribution in [0.25, 0.3) is 0 Å². The molecule has 0 saturated heterocycles. The number of ketones is 1. The lowest BCUT2D eigenvalue weighted by molar-refractivity contribution is 0.0925. The van der Waals surface area contributed by atoms with Crippen LogP contribution in [0.1, 0.15) is 20.1 Å². The van der Waals surface area contributed by atoms with E-state index in [0.717, 1.165) is 4.88 Å². The molecule has 2 rings (SSSR count). The third-order valence-corrected chi connectivity index (χ3v) is 3.77. The van der Waals surface area contributed by atoms with E-state index in [2.05, 4.69) is 0 Å². The van der Waals surface area contributed by atoms with Gasteiger partial charge in [-0.15, -0.1) is 11.3 Å². The third-order valence-electron chi connectivity index (χ3n) is 2.43. The highest BCUT2D eigenvalue weighted by Gasteiger charge is 2.10. The number of nitriles is 1. The predicted molar refractivity (Wildman–Crippen MR) is 75.0 cm³/mol. The molecule has 5 heteroatoms. The van der Waals surface area contributed by atoms with Crippen molar-refractivity contribution in [2.75, 3.05) is 6.61 Å². The van der Waals surface area contributed by atoms with Gasteiger partial charge in [-0.2, -0.15) is 5.26 Å². The van der Waals surface area contributed by atoms with Crippen LogP contribution in [-0.4, -0.2) is 12.4 Å². The number of aryl methyl sites for hydroxylation is 1. The Morgan fingerprint density at radius 3 is 2.79 bits per heavy atom. The molecule has 0 bridgehead atoms. The van der Waals surface area contributed by atoms with Gasteiger partial charge in [0.2, 0.25) is 5.78 Å². The van der Waals surface area contributed by atoms with Crippen LogP contribution in [0.4, 0.5) is 0 Å². The summed E-state index contributed by atoms with van der Waals surface area (Å²) in [5.74, 6) is 0.320. The molecule has 0 fully saturated rings. The summed E-state index contributed by atoms with van der Waals surface area (Å²) in [5, 5.41) is 9.05. The summed E-state index contributed by atoms with van der Waals surface area (Å²) in [5.41, 5.74) is 0.456. The molecule has 0 spiro atoms. The fourth-order valence-electron chi connectivity index (χ4n) is 1.49. The first-order valence-electron chi connectivity index (χ1n) is 5.52. The minimum atomic E-state index is -0.0847. The van der Waals surface area contributed by atoms with Crippen LogP contribution in [0.2, 0.25) is 5.02 Å². The van der Waals surface area contributed by atoms with Gasteiger partial charge in [0.1, 0.15) is 5.75 Å². The van der Waals surface area contributed by atoms with Crippen molar-refractivity contribution in [2.24, 2.45) is 0 Å². The van der Waals surface area contributed by atoms with E-state index in [1.54, 1.807) is 18.2 Å². The van der Waals surface area contributed by atoms with Crippen LogP contribution < -0.4 is 4.74 Å². The highest BCUT2D eigenvalue weighted by molar-refractivity contribution is 7.14. The molecule has 0 saturated carbocycles. The Labute approximate surface area is 120 Å². The van der Waals surface area contributed by atoms with Crippen LogP contribution in [0.5, 0.6) is 5.75 Å². The smallest absolute Gasteiger partial charge is 0.210 e. The van der Waals surface area contributed by atoms with Crippen LogP contribution in [0.15, 0.2) is 30.3 Å². The number of nitrogens with zero attached hydrogens (tertiary/aromatic N) is 1. The lowest BCUT2D eigenvalue weighted by Gasteiger charge is -2.06. The number of benzene rings is 1. The molecule has 3 nitrogen and oxygen atoms in total. The molecule has 0 amide bonds. The predicted octanol–water partition coefficient (Wildman–Crippen LogP) is 3.84. The van der Waals surface area contributed by atoms with Gasteiger partial charge < -0.3 is 4.74 Å². The number of hydrogen-bond donors (Lipinski definition) is 0. The highest BCUT2D eigenvalue weighted by atomic mass is 35.5. The Balaban J connectivity index is 2.03. The second-order valence-corrected chi connectivity index (χ2v) is 5.57. The minimum Gasteiger partial charge on any atom is -0.484 e. The minimum absolute atomic E-state index is 0.0639. The molecule has 0 atom stereocenters. The molecule has 2 aromatic rings. The van der Waals surface area contributed by atoms with Crippen LogP contribution in [0.3, 0.4) is 0 Å². The van der Waals surface area contributed by atoms with E-state index in [9.17, 15) is 4.79 Å². The van der Waals surface area contributed by atoms with Gasteiger partial charge in [-0.05, 0) is 37.3 Å². The maximum Gasteiger partial charge on any atom is 0.210 e. The number of carbonyl (C=O) groups excluding carboxylic acids is 1. The molecule has 0 aliphatic rings. The molecule has 0 aliphatic heterocycles. The van der Waals surface area contributed by atoms with E-state index >= 15 is 0 Å². The van der Waals surface area contributed by atoms with Crippen molar-refractivity contribution in [3.8, 4) is 11.8 Å². The average molecular weight is 292 g/mol. The Kier molecular flexibility index (Phi) is 4.20. The van der Waals surface area contributed by atoms with E-state index in [4.69, 9.17) is 21.6 Å². The fraction of sp³-hybridized carbons (Fsp3) is 0.143. The Bertz CT molecular complexity index is 658. The van der Waals surface area contributed by atoms with Gasteiger partial charge in [0, 0.05) is 4.88 Å². The first-order chi connectivity index (χ1) is 9.10. The monoisotopic (exact) mass is 291 g/mol. The summed E-state index contributed by atoms with van der Waals surface area (Å²) >= 11 is 7.39. The molecule has 1 aromatic heterocycles. The first-order valence-corrected chi connectivity index (χ1v) is 6.71. The number of hydrogen-bond acceptors (Lipinski definition) is 4. The standard InChI is InChI=1S/C14H10ClNO2S/c1-9-2-5-14(19-9)12(17)8-18-13-4-3-10(7-16)6-11(13)15/h2-6H,8H2,1H3. The number of rotatable bonds is 4. The van der Waals surface area contributed by atoms with Gasteiger partial charge >= 0.3 is 0 Å². The molecule has 0 unspecified atom stereocenters. The van der Waals surface area contributed by atoms with Crippen molar-refractivity contribution >= 4 is 28.7 Å². The number of thiophene rings is 1. The molecule has 96 valence electrons. The maximum atomic E-state index is 11.9. The Morgan fingerprint density at radius 1 is 1.42 bits per heavy atom. The van der Waals surface area contributed by atoms with Crippen molar-refractivity contribution in [3.63, 3.8) is 0 Å². The maximum absolute atomic E-state index is 11.9. The SMILES string of the molecule is Cc1ccc(C(=O)COc2ccc(C#N)cc2Cl)s1. The molecular weight excluding hydrogens is 282 g/mol. The summed E-state index contributed by atoms with van der Waals surface area (Å²) in [6.07, 6.45) is 0. The van der Waals surface area contributed by atoms with Gasteiger partial charge in [0.05, 0.1) is 21.5 Å². The quantitative estimate of drug-likeness (QED) is 0.804. The molecule has 19 heavy (non-hydrogen) atoms. The van der Waals surface area contributed by atoms with E-state index in [0.29, 0.717) is 21.2 Å². The van der Waals surface area contributed by atoms with Gasteiger partial charge in [0.15, 0.2) is 6.61 Å². The molecule has 1 heterocycles. The van der Waals surface area contributed by atoms with Crippen LogP contribution >= 0.6 is 22.9 Å². The first kappa shape index (κ1) is 13.6. The van der Waals surface area contributed by atoms with Gasteiger partial charge in [-0.25, -0.2) is 0 Å². The molecule has 1 aromatic carbocycles. The zero-order valence-corrected chi connectivity index (χ0v) is 11.7. The summed E-state index contributed by atoms with van der Waals surface area (Å²) in [4.78, 5) is 13.6. The molecule has 0 N–H and O–H groups in total. The molecule has 0 radical (unpaired) electrons. The van der Waals surface area contributed by atoms with E-state index < -0.39 is 0 Å². The number of carbonyl (C=O) groups is 1. The van der Waals surface area contributed by atoms with Crippen molar-refractivity contribution in [2.45, 2.75) is 6.92 Å². The highest BCUT2D eigenvalue weighted by Crippen LogP contribution is 2.25. The third kappa shape index (κ3) is 3.34. The lowest BCUT2D eigenvalue weighted by Crippen LogP contribution is -2.10. The largest absolute Gasteiger partial charge is 0.484 e. The van der Waals surface area contributed by atoms with Crippen molar-refractivity contribution in [3.05, 3.63) is 50.7 Å². The van der Waals surface area contributed by atoms with Gasteiger partial charge in [-0.3, -0.25) is 4.79 Å². The Morgan fingerprint density at radius 2 is 2.21 bits per heavy atom.